The Morgan fingerprint density at radius 1 is 0.471 bits per heavy atom. The van der Waals surface area contributed by atoms with Gasteiger partial charge >= 0.3 is 0 Å². The molecule has 0 atom stereocenters. The molecular formula is C49H104FN. The maximum Gasteiger partial charge on any atom is 0.0950 e. The molecule has 0 N–H and O–H groups in total. The van der Waals surface area contributed by atoms with Crippen LogP contribution in [-0.4, -0.2) is 30.2 Å². The molecule has 3 rings (SSSR count). The Hall–Kier alpha value is -0.110. The molecule has 0 amide bonds. The number of rotatable bonds is 1. The summed E-state index contributed by atoms with van der Waals surface area (Å²) in [7, 11) is 0. The molecule has 2 aliphatic carbocycles. The fraction of sp³-hybridized carbons (Fsp3) is 1.00. The van der Waals surface area contributed by atoms with E-state index in [1.807, 2.05) is 13.8 Å². The summed E-state index contributed by atoms with van der Waals surface area (Å²) >= 11 is 0. The average molecular weight is 726 g/mol. The fourth-order valence-corrected chi connectivity index (χ4v) is 3.98. The number of hydrogen-bond acceptors (Lipinski definition) is 1. The van der Waals surface area contributed by atoms with Gasteiger partial charge in [-0.1, -0.05) is 179 Å². The zero-order valence-corrected chi connectivity index (χ0v) is 41.2. The van der Waals surface area contributed by atoms with Gasteiger partial charge in [0, 0.05) is 5.54 Å². The molecule has 0 aromatic heterocycles. The quantitative estimate of drug-likeness (QED) is 0.260. The van der Waals surface area contributed by atoms with Crippen LogP contribution in [0.3, 0.4) is 0 Å². The number of likely N-dealkylation sites (tertiary alicyclic amines) is 1. The summed E-state index contributed by atoms with van der Waals surface area (Å²) in [5, 5.41) is 0. The predicted molar refractivity (Wildman–Crippen MR) is 236 cm³/mol. The first-order valence-electron chi connectivity index (χ1n) is 21.3. The molecule has 1 saturated heterocycles. The van der Waals surface area contributed by atoms with Crippen LogP contribution in [0.25, 0.3) is 0 Å². The van der Waals surface area contributed by atoms with E-state index in [-0.39, 0.29) is 17.5 Å². The normalized spacial score (nSPS) is 19.1. The first kappa shape index (κ1) is 55.2. The van der Waals surface area contributed by atoms with Gasteiger partial charge < -0.3 is 0 Å². The number of piperidine rings is 1. The largest absolute Gasteiger partial charge is 0.298 e. The van der Waals surface area contributed by atoms with Gasteiger partial charge in [-0.25, -0.2) is 0 Å². The average Bonchev–Trinajstić information content (AvgIpc) is 3.60. The summed E-state index contributed by atoms with van der Waals surface area (Å²) in [6.45, 7) is 63.0. The smallest absolute Gasteiger partial charge is 0.0950 e. The Labute approximate surface area is 326 Å². The highest BCUT2D eigenvalue weighted by molar-refractivity contribution is 4.97. The number of hydrogen-bond donors (Lipinski definition) is 0. The van der Waals surface area contributed by atoms with Gasteiger partial charge in [-0.05, 0) is 127 Å². The molecule has 3 aliphatic rings. The van der Waals surface area contributed by atoms with Crippen LogP contribution in [0.2, 0.25) is 0 Å². The van der Waals surface area contributed by atoms with Gasteiger partial charge in [-0.15, -0.1) is 0 Å². The van der Waals surface area contributed by atoms with E-state index in [2.05, 4.69) is 178 Å². The maximum absolute atomic E-state index is 12.3. The number of nitrogens with zero attached hydrogens (tertiary/aromatic N) is 1. The zero-order valence-electron chi connectivity index (χ0n) is 41.2. The second-order valence-corrected chi connectivity index (χ2v) is 25.8. The van der Waals surface area contributed by atoms with Gasteiger partial charge in [0.15, 0.2) is 0 Å². The third-order valence-electron chi connectivity index (χ3n) is 14.3. The molecule has 0 radical (unpaired) electrons. The minimum Gasteiger partial charge on any atom is -0.298 e. The molecule has 0 aromatic rings. The van der Waals surface area contributed by atoms with Gasteiger partial charge in [-0.2, -0.15) is 0 Å². The van der Waals surface area contributed by atoms with Crippen LogP contribution in [0, 0.1) is 54.7 Å². The first-order chi connectivity index (χ1) is 22.0. The van der Waals surface area contributed by atoms with Gasteiger partial charge in [0.1, 0.15) is 0 Å². The second kappa shape index (κ2) is 20.2. The van der Waals surface area contributed by atoms with Gasteiger partial charge in [0.25, 0.3) is 0 Å². The van der Waals surface area contributed by atoms with E-state index in [0.29, 0.717) is 43.4 Å². The van der Waals surface area contributed by atoms with Crippen LogP contribution in [0.5, 0.6) is 0 Å². The van der Waals surface area contributed by atoms with Crippen LogP contribution >= 0.6 is 0 Å². The topological polar surface area (TPSA) is 3.24 Å². The van der Waals surface area contributed by atoms with E-state index in [4.69, 9.17) is 0 Å². The fourth-order valence-electron chi connectivity index (χ4n) is 3.98. The molecule has 0 bridgehead atoms. The third kappa shape index (κ3) is 23.4. The zero-order chi connectivity index (χ0) is 41.9. The summed E-state index contributed by atoms with van der Waals surface area (Å²) in [6.07, 6.45) is 11.5. The van der Waals surface area contributed by atoms with E-state index in [1.54, 1.807) is 0 Å². The van der Waals surface area contributed by atoms with E-state index in [0.717, 1.165) is 5.92 Å². The molecule has 0 unspecified atom stereocenters. The van der Waals surface area contributed by atoms with Crippen LogP contribution in [0.1, 0.15) is 238 Å². The van der Waals surface area contributed by atoms with Crippen molar-refractivity contribution >= 4 is 0 Å². The van der Waals surface area contributed by atoms with Gasteiger partial charge in [0.2, 0.25) is 0 Å². The number of alkyl halides is 1. The van der Waals surface area contributed by atoms with Crippen LogP contribution < -0.4 is 0 Å². The van der Waals surface area contributed by atoms with Crippen molar-refractivity contribution in [1.29, 1.82) is 0 Å². The Bertz CT molecular complexity index is 808. The van der Waals surface area contributed by atoms with Crippen LogP contribution in [-0.2, 0) is 0 Å². The summed E-state index contributed by atoms with van der Waals surface area (Å²) in [4.78, 5) is 2.58. The van der Waals surface area contributed by atoms with E-state index < -0.39 is 0 Å². The van der Waals surface area contributed by atoms with Crippen molar-refractivity contribution in [2.24, 2.45) is 54.7 Å². The van der Waals surface area contributed by atoms with Crippen LogP contribution in [0.4, 0.5) is 4.39 Å². The van der Waals surface area contributed by atoms with Gasteiger partial charge in [-0.3, -0.25) is 9.29 Å². The highest BCUT2D eigenvalue weighted by Gasteiger charge is 2.47. The molecule has 2 heteroatoms. The molecule has 0 aromatic carbocycles. The van der Waals surface area contributed by atoms with E-state index >= 15 is 0 Å². The van der Waals surface area contributed by atoms with Gasteiger partial charge in [0.05, 0.1) is 6.67 Å². The van der Waals surface area contributed by atoms with Crippen molar-refractivity contribution < 1.29 is 4.39 Å². The highest BCUT2D eigenvalue weighted by Crippen LogP contribution is 2.57. The van der Waals surface area contributed by atoms with Crippen molar-refractivity contribution in [2.75, 3.05) is 19.8 Å². The molecule has 1 nitrogen and oxygen atoms in total. The van der Waals surface area contributed by atoms with Crippen molar-refractivity contribution in [3.63, 3.8) is 0 Å². The van der Waals surface area contributed by atoms with Crippen molar-refractivity contribution in [2.45, 2.75) is 244 Å². The highest BCUT2D eigenvalue weighted by atomic mass is 19.1. The lowest BCUT2D eigenvalue weighted by Gasteiger charge is -2.38. The standard InChI is InChI=1S/C9H19N.C8H17F.2C8H16.2C8H18/c1-9(2,3)10-7-5-4-6-8-10;1-7(2,3)8(4,5)6-9;1-7(2,3)8(4)5-6-8;1-8(2,3)7-5-4-6-7;2*1-7(2,3)8(4,5)6/h4-8H2,1-3H3;6H2,1-5H3;5-6H2,1-4H3;7H,4-6H2,1-3H3;2*1-6H3. The SMILES string of the molecule is CC(C)(C)C(C)(C)C.CC(C)(C)C(C)(C)C.CC(C)(C)C(C)(C)CF.CC(C)(C)C1(C)CC1.CC(C)(C)C1CCC1.CC(C)(C)N1CCCCC1. The lowest BCUT2D eigenvalue weighted by molar-refractivity contribution is 0.0943. The van der Waals surface area contributed by atoms with Crippen molar-refractivity contribution in [1.82, 2.24) is 4.90 Å². The molecule has 51 heavy (non-hydrogen) atoms. The molecule has 3 fully saturated rings. The summed E-state index contributed by atoms with van der Waals surface area (Å²) in [5.41, 5.74) is 3.87. The van der Waals surface area contributed by atoms with E-state index in [1.165, 1.54) is 64.5 Å². The summed E-state index contributed by atoms with van der Waals surface area (Å²) in [5.74, 6) is 1.03. The van der Waals surface area contributed by atoms with Crippen molar-refractivity contribution in [3.8, 4) is 0 Å². The monoisotopic (exact) mass is 726 g/mol. The Morgan fingerprint density at radius 2 is 0.784 bits per heavy atom. The number of halogens is 1. The Morgan fingerprint density at radius 3 is 0.843 bits per heavy atom. The summed E-state index contributed by atoms with van der Waals surface area (Å²) in [6, 6.07) is 0. The third-order valence-corrected chi connectivity index (χ3v) is 14.3. The summed E-state index contributed by atoms with van der Waals surface area (Å²) < 4.78 is 12.3. The van der Waals surface area contributed by atoms with E-state index in [9.17, 15) is 4.39 Å². The lowest BCUT2D eigenvalue weighted by atomic mass is 9.69. The maximum atomic E-state index is 12.3. The molecular weight excluding hydrogens is 622 g/mol. The molecule has 2 saturated carbocycles. The lowest BCUT2D eigenvalue weighted by Crippen LogP contribution is -2.44. The van der Waals surface area contributed by atoms with Crippen LogP contribution in [0.15, 0.2) is 0 Å². The second-order valence-electron chi connectivity index (χ2n) is 25.8. The molecule has 0 spiro atoms. The first-order valence-corrected chi connectivity index (χ1v) is 21.3. The molecule has 312 valence electrons. The minimum atomic E-state index is -0.240. The Balaban J connectivity index is -0.000000543. The Kier molecular flexibility index (Phi) is 21.8. The van der Waals surface area contributed by atoms with Crippen molar-refractivity contribution in [3.05, 3.63) is 0 Å². The predicted octanol–water partition coefficient (Wildman–Crippen LogP) is 17.1. The minimum absolute atomic E-state index is 0.0712. The molecule has 1 heterocycles. The molecule has 1 aliphatic heterocycles.